The van der Waals surface area contributed by atoms with Crippen LogP contribution in [-0.2, 0) is 20.9 Å². The van der Waals surface area contributed by atoms with Crippen molar-refractivity contribution < 1.29 is 14.4 Å². The zero-order chi connectivity index (χ0) is 30.1. The molecule has 1 aromatic heterocycles. The van der Waals surface area contributed by atoms with E-state index in [1.807, 2.05) is 75.5 Å². The molecule has 8 nitrogen and oxygen atoms in total. The van der Waals surface area contributed by atoms with Crippen LogP contribution in [0.25, 0.3) is 16.5 Å². The van der Waals surface area contributed by atoms with Gasteiger partial charge in [0.1, 0.15) is 5.70 Å². The monoisotopic (exact) mass is 581 g/mol. The van der Waals surface area contributed by atoms with E-state index < -0.39 is 11.8 Å². The maximum Gasteiger partial charge on any atom is 0.275 e. The number of imide groups is 1. The van der Waals surface area contributed by atoms with Gasteiger partial charge in [-0.2, -0.15) is 0 Å². The number of aromatic nitrogens is 1. The number of carbonyl (C=O) groups excluding carboxylic acids is 3. The number of fused-ring (bicyclic) bond motifs is 2. The third-order valence-corrected chi connectivity index (χ3v) is 9.18. The molecular formula is C35H43N5O3. The fraction of sp³-hybridized carbons (Fsp3) is 0.457. The minimum absolute atomic E-state index is 0.0967. The summed E-state index contributed by atoms with van der Waals surface area (Å²) in [7, 11) is 0. The van der Waals surface area contributed by atoms with Gasteiger partial charge in [0.25, 0.3) is 11.8 Å². The van der Waals surface area contributed by atoms with Crippen LogP contribution < -0.4 is 16.0 Å². The Bertz CT molecular complexity index is 1550. The third-order valence-electron chi connectivity index (χ3n) is 9.18. The fourth-order valence-corrected chi connectivity index (χ4v) is 7.24. The second kappa shape index (κ2) is 12.0. The summed E-state index contributed by atoms with van der Waals surface area (Å²) >= 11 is 0. The number of carbonyl (C=O) groups is 3. The van der Waals surface area contributed by atoms with Gasteiger partial charge in [0.15, 0.2) is 0 Å². The van der Waals surface area contributed by atoms with Crippen molar-refractivity contribution in [3.8, 4) is 0 Å². The normalized spacial score (nSPS) is 22.9. The molecule has 3 heterocycles. The summed E-state index contributed by atoms with van der Waals surface area (Å²) < 4.78 is 2.19. The van der Waals surface area contributed by atoms with E-state index in [1.165, 1.54) is 25.7 Å². The molecule has 43 heavy (non-hydrogen) atoms. The van der Waals surface area contributed by atoms with E-state index in [9.17, 15) is 14.4 Å². The van der Waals surface area contributed by atoms with Crippen LogP contribution in [0.4, 0.5) is 5.69 Å². The van der Waals surface area contributed by atoms with Crippen molar-refractivity contribution in [3.05, 3.63) is 72.1 Å². The van der Waals surface area contributed by atoms with Crippen molar-refractivity contribution in [2.24, 2.45) is 11.8 Å². The lowest BCUT2D eigenvalue weighted by Crippen LogP contribution is -2.57. The van der Waals surface area contributed by atoms with Gasteiger partial charge in [0.2, 0.25) is 5.91 Å². The zero-order valence-corrected chi connectivity index (χ0v) is 25.5. The van der Waals surface area contributed by atoms with Gasteiger partial charge in [-0.25, -0.2) is 0 Å². The van der Waals surface area contributed by atoms with E-state index in [-0.39, 0.29) is 23.2 Å². The Labute approximate surface area is 253 Å². The smallest absolute Gasteiger partial charge is 0.275 e. The van der Waals surface area contributed by atoms with Crippen LogP contribution in [0.1, 0.15) is 64.9 Å². The number of benzene rings is 2. The zero-order valence-electron chi connectivity index (χ0n) is 25.5. The summed E-state index contributed by atoms with van der Waals surface area (Å²) in [6.07, 6.45) is 8.88. The number of piperidine rings is 1. The van der Waals surface area contributed by atoms with E-state index in [4.69, 9.17) is 0 Å². The highest BCUT2D eigenvalue weighted by atomic mass is 16.2. The summed E-state index contributed by atoms with van der Waals surface area (Å²) in [5.74, 6) is 0.643. The largest absolute Gasteiger partial charge is 0.350 e. The van der Waals surface area contributed by atoms with Crippen LogP contribution in [0.3, 0.4) is 0 Å². The Morgan fingerprint density at radius 3 is 2.42 bits per heavy atom. The van der Waals surface area contributed by atoms with Gasteiger partial charge in [-0.05, 0) is 70.1 Å². The van der Waals surface area contributed by atoms with Crippen LogP contribution in [0.5, 0.6) is 0 Å². The number of aryl methyl sites for hydroxylation is 1. The first-order valence-electron chi connectivity index (χ1n) is 15.7. The summed E-state index contributed by atoms with van der Waals surface area (Å²) in [5.41, 5.74) is 2.87. The molecule has 2 aromatic carbocycles. The first-order valence-corrected chi connectivity index (χ1v) is 15.7. The maximum atomic E-state index is 13.4. The fourth-order valence-electron chi connectivity index (χ4n) is 7.24. The highest BCUT2D eigenvalue weighted by molar-refractivity contribution is 6.38. The number of likely N-dealkylation sites (tertiary alicyclic amines) is 1. The van der Waals surface area contributed by atoms with Crippen molar-refractivity contribution in [2.75, 3.05) is 18.4 Å². The van der Waals surface area contributed by atoms with Crippen molar-refractivity contribution in [2.45, 2.75) is 77.4 Å². The number of hydrogen-bond donors (Lipinski definition) is 3. The van der Waals surface area contributed by atoms with Gasteiger partial charge < -0.3 is 15.2 Å². The Morgan fingerprint density at radius 2 is 1.65 bits per heavy atom. The molecule has 2 fully saturated rings. The maximum absolute atomic E-state index is 13.4. The summed E-state index contributed by atoms with van der Waals surface area (Å²) in [5, 5.41) is 9.84. The number of amides is 3. The molecule has 226 valence electrons. The molecule has 0 bridgehead atoms. The quantitative estimate of drug-likeness (QED) is 0.314. The van der Waals surface area contributed by atoms with Gasteiger partial charge in [-0.3, -0.25) is 24.6 Å². The van der Waals surface area contributed by atoms with Crippen LogP contribution >= 0.6 is 0 Å². The highest BCUT2D eigenvalue weighted by Gasteiger charge is 2.40. The first kappa shape index (κ1) is 29.2. The SMILES string of the molecule is CC(C)(C)NC(=O)C1C[C@@H]2CCCC[C@@H]2CN1CCCn1cc(C2=C(Nc3ccccc3)C(=O)NC2=O)c2ccccc21. The van der Waals surface area contributed by atoms with E-state index in [0.717, 1.165) is 54.6 Å². The Morgan fingerprint density at radius 1 is 0.930 bits per heavy atom. The van der Waals surface area contributed by atoms with E-state index >= 15 is 0 Å². The lowest BCUT2D eigenvalue weighted by atomic mass is 9.72. The molecule has 8 heteroatoms. The van der Waals surface area contributed by atoms with Crippen molar-refractivity contribution >= 4 is 39.9 Å². The molecule has 1 saturated heterocycles. The molecule has 2 aliphatic heterocycles. The molecule has 3 aliphatic rings. The average molecular weight is 582 g/mol. The molecule has 3 amide bonds. The second-order valence-electron chi connectivity index (χ2n) is 13.4. The summed E-state index contributed by atoms with van der Waals surface area (Å²) in [4.78, 5) is 41.8. The number of para-hydroxylation sites is 2. The van der Waals surface area contributed by atoms with Gasteiger partial charge in [0, 0.05) is 53.5 Å². The lowest BCUT2D eigenvalue weighted by Gasteiger charge is -2.46. The predicted octanol–water partition coefficient (Wildman–Crippen LogP) is 5.31. The number of nitrogens with one attached hydrogen (secondary N) is 3. The summed E-state index contributed by atoms with van der Waals surface area (Å²) in [6.45, 7) is 8.69. The molecular weight excluding hydrogens is 538 g/mol. The van der Waals surface area contributed by atoms with Crippen LogP contribution in [0.15, 0.2) is 66.5 Å². The molecule has 1 unspecified atom stereocenters. The lowest BCUT2D eigenvalue weighted by molar-refractivity contribution is -0.131. The van der Waals surface area contributed by atoms with Gasteiger partial charge >= 0.3 is 0 Å². The topological polar surface area (TPSA) is 95.5 Å². The van der Waals surface area contributed by atoms with Crippen molar-refractivity contribution in [1.29, 1.82) is 0 Å². The minimum atomic E-state index is -0.425. The van der Waals surface area contributed by atoms with Crippen molar-refractivity contribution in [3.63, 3.8) is 0 Å². The van der Waals surface area contributed by atoms with Crippen LogP contribution in [0, 0.1) is 11.8 Å². The van der Waals surface area contributed by atoms with Gasteiger partial charge in [-0.1, -0.05) is 55.7 Å². The van der Waals surface area contributed by atoms with E-state index in [2.05, 4.69) is 31.5 Å². The summed E-state index contributed by atoms with van der Waals surface area (Å²) in [6, 6.07) is 17.4. The Hall–Kier alpha value is -3.91. The first-order chi connectivity index (χ1) is 20.7. The second-order valence-corrected chi connectivity index (χ2v) is 13.4. The van der Waals surface area contributed by atoms with Gasteiger partial charge in [0.05, 0.1) is 11.6 Å². The third kappa shape index (κ3) is 6.25. The molecule has 6 rings (SSSR count). The molecule has 3 aromatic rings. The standard InChI is InChI=1S/C35H43N5O3/c1-35(2,3)38-32(41)29-20-23-12-7-8-13-24(23)21-39(29)18-11-19-40-22-27(26-16-9-10-17-28(26)40)30-31(34(43)37-33(30)42)36-25-14-5-4-6-15-25/h4-6,9-10,14-17,22-24,29H,7-8,11-13,18-21H2,1-3H3,(H,38,41)(H2,36,37,42,43)/t23-,24+,29?/m0/s1. The highest BCUT2D eigenvalue weighted by Crippen LogP contribution is 2.39. The molecule has 3 atom stereocenters. The Balaban J connectivity index is 1.24. The minimum Gasteiger partial charge on any atom is -0.350 e. The molecule has 3 N–H and O–H groups in total. The molecule has 1 saturated carbocycles. The van der Waals surface area contributed by atoms with Crippen LogP contribution in [-0.4, -0.2) is 51.9 Å². The number of nitrogens with zero attached hydrogens (tertiary/aromatic N) is 2. The predicted molar refractivity (Wildman–Crippen MR) is 170 cm³/mol. The molecule has 0 spiro atoms. The van der Waals surface area contributed by atoms with Gasteiger partial charge in [-0.15, -0.1) is 0 Å². The van der Waals surface area contributed by atoms with E-state index in [0.29, 0.717) is 17.4 Å². The molecule has 0 radical (unpaired) electrons. The average Bonchev–Trinajstić information content (AvgIpc) is 3.47. The number of hydrogen-bond acceptors (Lipinski definition) is 5. The molecule has 1 aliphatic carbocycles. The number of rotatable bonds is 8. The Kier molecular flexibility index (Phi) is 8.14. The number of anilines is 1. The van der Waals surface area contributed by atoms with Crippen molar-refractivity contribution in [1.82, 2.24) is 20.1 Å². The van der Waals surface area contributed by atoms with E-state index in [1.54, 1.807) is 0 Å². The van der Waals surface area contributed by atoms with Crippen LogP contribution in [0.2, 0.25) is 0 Å².